The van der Waals surface area contributed by atoms with E-state index in [1.165, 1.54) is 40.7 Å². The molecule has 132 valence electrons. The molecule has 0 N–H and O–H groups in total. The van der Waals surface area contributed by atoms with E-state index in [9.17, 15) is 17.6 Å². The van der Waals surface area contributed by atoms with Crippen molar-refractivity contribution >= 4 is 27.6 Å². The zero-order chi connectivity index (χ0) is 18.0. The van der Waals surface area contributed by atoms with Gasteiger partial charge in [0.2, 0.25) is 10.0 Å². The molecular weight excluding hydrogens is 369 g/mol. The Bertz CT molecular complexity index is 911. The van der Waals surface area contributed by atoms with E-state index in [2.05, 4.69) is 0 Å². The maximum absolute atomic E-state index is 13.6. The lowest BCUT2D eigenvalue weighted by Crippen LogP contribution is -2.28. The Morgan fingerprint density at radius 1 is 1.12 bits per heavy atom. The molecule has 1 aliphatic heterocycles. The second-order valence-corrected chi connectivity index (χ2v) is 7.92. The summed E-state index contributed by atoms with van der Waals surface area (Å²) >= 11 is 6.00. The minimum Gasteiger partial charge on any atom is -0.420 e. The van der Waals surface area contributed by atoms with Gasteiger partial charge in [0.15, 0.2) is 11.6 Å². The zero-order valence-corrected chi connectivity index (χ0v) is 14.7. The fourth-order valence-corrected chi connectivity index (χ4v) is 4.32. The molecule has 2 aromatic carbocycles. The molecule has 0 aliphatic carbocycles. The highest BCUT2D eigenvalue weighted by molar-refractivity contribution is 7.89. The van der Waals surface area contributed by atoms with Gasteiger partial charge < -0.3 is 4.74 Å². The molecule has 2 aromatic rings. The summed E-state index contributed by atoms with van der Waals surface area (Å²) in [7, 11) is -3.70. The van der Waals surface area contributed by atoms with Crippen molar-refractivity contribution in [3.05, 3.63) is 58.9 Å². The van der Waals surface area contributed by atoms with Gasteiger partial charge in [0.05, 0.1) is 15.5 Å². The third-order valence-electron chi connectivity index (χ3n) is 3.90. The predicted octanol–water partition coefficient (Wildman–Crippen LogP) is 3.48. The first kappa shape index (κ1) is 17.8. The summed E-state index contributed by atoms with van der Waals surface area (Å²) in [5, 5.41) is 0.0294. The largest absolute Gasteiger partial charge is 0.420 e. The first-order valence-electron chi connectivity index (χ1n) is 7.66. The van der Waals surface area contributed by atoms with Gasteiger partial charge in [-0.3, -0.25) is 0 Å². The lowest BCUT2D eigenvalue weighted by Gasteiger charge is -2.16. The smallest absolute Gasteiger partial charge is 0.345 e. The van der Waals surface area contributed by atoms with E-state index in [0.29, 0.717) is 13.1 Å². The molecule has 3 rings (SSSR count). The van der Waals surface area contributed by atoms with Gasteiger partial charge in [0.1, 0.15) is 0 Å². The molecule has 0 atom stereocenters. The number of esters is 1. The zero-order valence-electron chi connectivity index (χ0n) is 13.1. The summed E-state index contributed by atoms with van der Waals surface area (Å²) in [4.78, 5) is 12.3. The van der Waals surface area contributed by atoms with Crippen molar-refractivity contribution in [2.24, 2.45) is 0 Å². The highest BCUT2D eigenvalue weighted by atomic mass is 35.5. The Kier molecular flexibility index (Phi) is 5.08. The van der Waals surface area contributed by atoms with E-state index in [1.807, 2.05) is 0 Å². The van der Waals surface area contributed by atoms with Crippen molar-refractivity contribution < 1.29 is 22.3 Å². The van der Waals surface area contributed by atoms with E-state index >= 15 is 0 Å². The minimum atomic E-state index is -3.70. The molecule has 0 bridgehead atoms. The van der Waals surface area contributed by atoms with Crippen molar-refractivity contribution in [1.82, 2.24) is 4.31 Å². The van der Waals surface area contributed by atoms with Crippen LogP contribution in [0.1, 0.15) is 23.2 Å². The molecule has 0 unspecified atom stereocenters. The van der Waals surface area contributed by atoms with E-state index in [0.717, 1.165) is 18.9 Å². The van der Waals surface area contributed by atoms with Crippen LogP contribution in [-0.2, 0) is 10.0 Å². The Morgan fingerprint density at radius 3 is 2.48 bits per heavy atom. The quantitative estimate of drug-likeness (QED) is 0.599. The molecule has 1 heterocycles. The molecular formula is C17H15ClFNO4S. The first-order valence-corrected chi connectivity index (χ1v) is 9.48. The SMILES string of the molecule is O=C(Oc1ccccc1F)c1cc(S(=O)(=O)N2CCCC2)ccc1Cl. The van der Waals surface area contributed by atoms with Gasteiger partial charge in [-0.2, -0.15) is 4.31 Å². The predicted molar refractivity (Wildman–Crippen MR) is 90.8 cm³/mol. The average molecular weight is 384 g/mol. The van der Waals surface area contributed by atoms with Gasteiger partial charge in [0, 0.05) is 13.1 Å². The van der Waals surface area contributed by atoms with Crippen LogP contribution in [0.15, 0.2) is 47.4 Å². The Balaban J connectivity index is 1.91. The van der Waals surface area contributed by atoms with E-state index in [1.54, 1.807) is 0 Å². The van der Waals surface area contributed by atoms with Gasteiger partial charge >= 0.3 is 5.97 Å². The van der Waals surface area contributed by atoms with Crippen LogP contribution in [0, 0.1) is 5.82 Å². The fraction of sp³-hybridized carbons (Fsp3) is 0.235. The number of hydrogen-bond donors (Lipinski definition) is 0. The molecule has 0 spiro atoms. The first-order chi connectivity index (χ1) is 11.9. The number of carbonyl (C=O) groups is 1. The third kappa shape index (κ3) is 3.68. The number of para-hydroxylation sites is 1. The second kappa shape index (κ2) is 7.11. The summed E-state index contributed by atoms with van der Waals surface area (Å²) in [5.41, 5.74) is -0.134. The number of carbonyl (C=O) groups excluding carboxylic acids is 1. The van der Waals surface area contributed by atoms with Crippen molar-refractivity contribution in [2.75, 3.05) is 13.1 Å². The molecule has 1 aliphatic rings. The molecule has 1 saturated heterocycles. The molecule has 1 fully saturated rings. The van der Waals surface area contributed by atoms with E-state index < -0.39 is 21.8 Å². The van der Waals surface area contributed by atoms with E-state index in [-0.39, 0.29) is 21.2 Å². The Hall–Kier alpha value is -1.96. The topological polar surface area (TPSA) is 63.7 Å². The van der Waals surface area contributed by atoms with Gasteiger partial charge in [-0.25, -0.2) is 17.6 Å². The van der Waals surface area contributed by atoms with Crippen LogP contribution in [0.25, 0.3) is 0 Å². The van der Waals surface area contributed by atoms with Gasteiger partial charge in [0.25, 0.3) is 0 Å². The standard InChI is InChI=1S/C17H15ClFNO4S/c18-14-8-7-12(25(22,23)20-9-3-4-10-20)11-13(14)17(21)24-16-6-2-1-5-15(16)19/h1-2,5-8,11H,3-4,9-10H2. The normalized spacial score (nSPS) is 15.3. The number of rotatable bonds is 4. The molecule has 0 amide bonds. The molecule has 25 heavy (non-hydrogen) atoms. The minimum absolute atomic E-state index is 0.0294. The highest BCUT2D eigenvalue weighted by Crippen LogP contribution is 2.26. The van der Waals surface area contributed by atoms with Crippen LogP contribution >= 0.6 is 11.6 Å². The summed E-state index contributed by atoms with van der Waals surface area (Å²) in [5.74, 6) is -1.88. The van der Waals surface area contributed by atoms with Crippen LogP contribution in [-0.4, -0.2) is 31.8 Å². The number of halogens is 2. The van der Waals surface area contributed by atoms with Gasteiger partial charge in [-0.1, -0.05) is 23.7 Å². The molecule has 0 saturated carbocycles. The lowest BCUT2D eigenvalue weighted by atomic mass is 10.2. The average Bonchev–Trinajstić information content (AvgIpc) is 3.12. The number of sulfonamides is 1. The fourth-order valence-electron chi connectivity index (χ4n) is 2.58. The van der Waals surface area contributed by atoms with Crippen LogP contribution in [0.3, 0.4) is 0 Å². The third-order valence-corrected chi connectivity index (χ3v) is 6.12. The number of nitrogens with zero attached hydrogens (tertiary/aromatic N) is 1. The van der Waals surface area contributed by atoms with Crippen molar-refractivity contribution in [1.29, 1.82) is 0 Å². The monoisotopic (exact) mass is 383 g/mol. The molecule has 0 radical (unpaired) electrons. The van der Waals surface area contributed by atoms with Crippen molar-refractivity contribution in [2.45, 2.75) is 17.7 Å². The summed E-state index contributed by atoms with van der Waals surface area (Å²) in [6.45, 7) is 0.889. The number of hydrogen-bond acceptors (Lipinski definition) is 4. The van der Waals surface area contributed by atoms with Crippen LogP contribution in [0.2, 0.25) is 5.02 Å². The second-order valence-electron chi connectivity index (χ2n) is 5.57. The summed E-state index contributed by atoms with van der Waals surface area (Å²) < 4.78 is 45.2. The lowest BCUT2D eigenvalue weighted by molar-refractivity contribution is 0.0728. The van der Waals surface area contributed by atoms with Crippen molar-refractivity contribution in [3.63, 3.8) is 0 Å². The summed E-state index contributed by atoms with van der Waals surface area (Å²) in [6.07, 6.45) is 1.60. The molecule has 8 heteroatoms. The maximum atomic E-state index is 13.6. The highest BCUT2D eigenvalue weighted by Gasteiger charge is 2.28. The summed E-state index contributed by atoms with van der Waals surface area (Å²) in [6, 6.07) is 9.26. The Labute approximate surface area is 150 Å². The Morgan fingerprint density at radius 2 is 1.80 bits per heavy atom. The molecule has 0 aromatic heterocycles. The van der Waals surface area contributed by atoms with Crippen LogP contribution in [0.5, 0.6) is 5.75 Å². The van der Waals surface area contributed by atoms with E-state index in [4.69, 9.17) is 16.3 Å². The number of ether oxygens (including phenoxy) is 1. The number of benzene rings is 2. The van der Waals surface area contributed by atoms with Crippen LogP contribution < -0.4 is 4.74 Å². The van der Waals surface area contributed by atoms with Gasteiger partial charge in [-0.05, 0) is 43.2 Å². The maximum Gasteiger partial charge on any atom is 0.345 e. The van der Waals surface area contributed by atoms with Crippen molar-refractivity contribution in [3.8, 4) is 5.75 Å². The molecule has 5 nitrogen and oxygen atoms in total. The van der Waals surface area contributed by atoms with Crippen LogP contribution in [0.4, 0.5) is 4.39 Å². The van der Waals surface area contributed by atoms with Gasteiger partial charge in [-0.15, -0.1) is 0 Å².